The molecule has 15 heavy (non-hydrogen) atoms. The molecule has 3 nitrogen and oxygen atoms in total. The third kappa shape index (κ3) is 4.28. The highest BCUT2D eigenvalue weighted by Gasteiger charge is 1.94. The van der Waals surface area contributed by atoms with E-state index in [0.29, 0.717) is 18.1 Å². The van der Waals surface area contributed by atoms with E-state index in [0.717, 1.165) is 5.56 Å². The summed E-state index contributed by atoms with van der Waals surface area (Å²) in [5.74, 6) is 0.385. The lowest BCUT2D eigenvalue weighted by atomic mass is 10.1. The summed E-state index contributed by atoms with van der Waals surface area (Å²) in [7, 11) is 0. The van der Waals surface area contributed by atoms with Crippen LogP contribution in [0.4, 0.5) is 0 Å². The number of hydrogen-bond donors (Lipinski definition) is 0. The quantitative estimate of drug-likeness (QED) is 0.556. The maximum absolute atomic E-state index is 8.69. The molecular formula is C12H14N2O. The van der Waals surface area contributed by atoms with Crippen molar-refractivity contribution in [3.8, 4) is 6.07 Å². The number of hydrogen-bond acceptors (Lipinski definition) is 3. The van der Waals surface area contributed by atoms with Crippen molar-refractivity contribution in [1.82, 2.24) is 0 Å². The molecule has 0 radical (unpaired) electrons. The van der Waals surface area contributed by atoms with Gasteiger partial charge in [0.1, 0.15) is 6.61 Å². The van der Waals surface area contributed by atoms with E-state index in [-0.39, 0.29) is 0 Å². The first-order valence-corrected chi connectivity index (χ1v) is 4.87. The Bertz CT molecular complexity index is 377. The van der Waals surface area contributed by atoms with Gasteiger partial charge in [-0.3, -0.25) is 0 Å². The molecule has 0 N–H and O–H groups in total. The standard InChI is InChI=1S/C12H14N2O/c1-10(2)8-14-15-9-12-5-3-4-11(6-12)7-13/h3-6,8,10H,9H2,1-2H3. The van der Waals surface area contributed by atoms with E-state index in [9.17, 15) is 0 Å². The summed E-state index contributed by atoms with van der Waals surface area (Å²) in [6.07, 6.45) is 1.74. The van der Waals surface area contributed by atoms with Crippen molar-refractivity contribution in [3.63, 3.8) is 0 Å². The van der Waals surface area contributed by atoms with Crippen LogP contribution < -0.4 is 0 Å². The fourth-order valence-corrected chi connectivity index (χ4v) is 1.01. The van der Waals surface area contributed by atoms with E-state index in [1.807, 2.05) is 26.0 Å². The summed E-state index contributed by atoms with van der Waals surface area (Å²) < 4.78 is 0. The van der Waals surface area contributed by atoms with Gasteiger partial charge in [-0.05, 0) is 23.6 Å². The molecule has 0 aliphatic carbocycles. The van der Waals surface area contributed by atoms with Crippen molar-refractivity contribution in [2.75, 3.05) is 0 Å². The van der Waals surface area contributed by atoms with E-state index in [2.05, 4.69) is 11.2 Å². The van der Waals surface area contributed by atoms with Crippen LogP contribution in [0.3, 0.4) is 0 Å². The van der Waals surface area contributed by atoms with E-state index < -0.39 is 0 Å². The first-order chi connectivity index (χ1) is 7.22. The predicted molar refractivity (Wildman–Crippen MR) is 59.3 cm³/mol. The molecule has 0 heterocycles. The fourth-order valence-electron chi connectivity index (χ4n) is 1.01. The van der Waals surface area contributed by atoms with Crippen molar-refractivity contribution in [3.05, 3.63) is 35.4 Å². The second-order valence-electron chi connectivity index (χ2n) is 3.58. The molecule has 0 saturated carbocycles. The van der Waals surface area contributed by atoms with Gasteiger partial charge in [-0.1, -0.05) is 31.1 Å². The molecule has 0 fully saturated rings. The van der Waals surface area contributed by atoms with Gasteiger partial charge >= 0.3 is 0 Å². The summed E-state index contributed by atoms with van der Waals surface area (Å²) in [6, 6.07) is 9.39. The Balaban J connectivity index is 2.48. The number of benzene rings is 1. The minimum atomic E-state index is 0.385. The third-order valence-corrected chi connectivity index (χ3v) is 1.72. The molecule has 0 saturated heterocycles. The van der Waals surface area contributed by atoms with Crippen LogP contribution in [0.1, 0.15) is 25.0 Å². The second-order valence-corrected chi connectivity index (χ2v) is 3.58. The van der Waals surface area contributed by atoms with Gasteiger partial charge in [0.25, 0.3) is 0 Å². The van der Waals surface area contributed by atoms with Gasteiger partial charge in [-0.15, -0.1) is 0 Å². The molecule has 0 amide bonds. The summed E-state index contributed by atoms with van der Waals surface area (Å²) >= 11 is 0. The summed E-state index contributed by atoms with van der Waals surface area (Å²) in [4.78, 5) is 5.09. The average molecular weight is 202 g/mol. The lowest BCUT2D eigenvalue weighted by Gasteiger charge is -2.00. The highest BCUT2D eigenvalue weighted by atomic mass is 16.6. The van der Waals surface area contributed by atoms with Crippen LogP contribution in [0.25, 0.3) is 0 Å². The van der Waals surface area contributed by atoms with Gasteiger partial charge in [0.15, 0.2) is 0 Å². The molecule has 1 aromatic carbocycles. The Morgan fingerprint density at radius 2 is 2.33 bits per heavy atom. The van der Waals surface area contributed by atoms with Crippen LogP contribution in [-0.4, -0.2) is 6.21 Å². The molecule has 0 aliphatic heterocycles. The Morgan fingerprint density at radius 1 is 1.53 bits per heavy atom. The van der Waals surface area contributed by atoms with Crippen molar-refractivity contribution in [2.45, 2.75) is 20.5 Å². The Hall–Kier alpha value is -1.82. The number of nitrogens with zero attached hydrogens (tertiary/aromatic N) is 2. The molecule has 0 atom stereocenters. The van der Waals surface area contributed by atoms with Crippen LogP contribution in [0.2, 0.25) is 0 Å². The molecule has 0 aromatic heterocycles. The van der Waals surface area contributed by atoms with Gasteiger partial charge in [0.05, 0.1) is 11.6 Å². The molecule has 1 rings (SSSR count). The van der Waals surface area contributed by atoms with Crippen LogP contribution in [0.15, 0.2) is 29.4 Å². The van der Waals surface area contributed by atoms with E-state index >= 15 is 0 Å². The van der Waals surface area contributed by atoms with Crippen LogP contribution >= 0.6 is 0 Å². The summed E-state index contributed by atoms with van der Waals surface area (Å²) in [5.41, 5.74) is 1.60. The largest absolute Gasteiger partial charge is 0.391 e. The fraction of sp³-hybridized carbons (Fsp3) is 0.333. The van der Waals surface area contributed by atoms with Crippen molar-refractivity contribution in [2.24, 2.45) is 11.1 Å². The summed E-state index contributed by atoms with van der Waals surface area (Å²) in [5, 5.41) is 12.5. The molecule has 0 bridgehead atoms. The zero-order valence-corrected chi connectivity index (χ0v) is 8.97. The zero-order valence-electron chi connectivity index (χ0n) is 8.97. The van der Waals surface area contributed by atoms with Crippen molar-refractivity contribution in [1.29, 1.82) is 5.26 Å². The highest BCUT2D eigenvalue weighted by molar-refractivity contribution is 5.58. The first-order valence-electron chi connectivity index (χ1n) is 4.87. The minimum absolute atomic E-state index is 0.385. The van der Waals surface area contributed by atoms with E-state index in [4.69, 9.17) is 10.1 Å². The normalized spacial score (nSPS) is 10.5. The molecule has 0 spiro atoms. The lowest BCUT2D eigenvalue weighted by Crippen LogP contribution is -1.91. The van der Waals surface area contributed by atoms with Crippen LogP contribution in [0.5, 0.6) is 0 Å². The van der Waals surface area contributed by atoms with Gasteiger partial charge < -0.3 is 4.84 Å². The van der Waals surface area contributed by atoms with Gasteiger partial charge in [0, 0.05) is 6.21 Å². The van der Waals surface area contributed by atoms with Gasteiger partial charge in [-0.2, -0.15) is 5.26 Å². The number of oxime groups is 1. The monoisotopic (exact) mass is 202 g/mol. The highest BCUT2D eigenvalue weighted by Crippen LogP contribution is 2.05. The Kier molecular flexibility index (Phi) is 4.36. The zero-order chi connectivity index (χ0) is 11.1. The van der Waals surface area contributed by atoms with E-state index in [1.165, 1.54) is 0 Å². The van der Waals surface area contributed by atoms with Gasteiger partial charge in [-0.25, -0.2) is 0 Å². The maximum Gasteiger partial charge on any atom is 0.142 e. The number of rotatable bonds is 4. The molecule has 0 aliphatic rings. The van der Waals surface area contributed by atoms with Crippen LogP contribution in [-0.2, 0) is 11.4 Å². The lowest BCUT2D eigenvalue weighted by molar-refractivity contribution is 0.131. The van der Waals surface area contributed by atoms with Crippen LogP contribution in [0, 0.1) is 17.2 Å². The molecule has 3 heteroatoms. The Labute approximate surface area is 90.0 Å². The Morgan fingerprint density at radius 3 is 3.00 bits per heavy atom. The smallest absolute Gasteiger partial charge is 0.142 e. The maximum atomic E-state index is 8.69. The first kappa shape index (κ1) is 11.3. The molecular weight excluding hydrogens is 188 g/mol. The SMILES string of the molecule is CC(C)C=NOCc1cccc(C#N)c1. The minimum Gasteiger partial charge on any atom is -0.391 e. The number of nitriles is 1. The summed E-state index contributed by atoms with van der Waals surface area (Å²) in [6.45, 7) is 4.46. The molecule has 0 unspecified atom stereocenters. The predicted octanol–water partition coefficient (Wildman–Crippen LogP) is 2.72. The average Bonchev–Trinajstić information content (AvgIpc) is 2.24. The van der Waals surface area contributed by atoms with Gasteiger partial charge in [0.2, 0.25) is 0 Å². The van der Waals surface area contributed by atoms with Crippen molar-refractivity contribution >= 4 is 6.21 Å². The topological polar surface area (TPSA) is 45.4 Å². The van der Waals surface area contributed by atoms with Crippen molar-refractivity contribution < 1.29 is 4.84 Å². The second kappa shape index (κ2) is 5.82. The molecule has 1 aromatic rings. The third-order valence-electron chi connectivity index (χ3n) is 1.72. The van der Waals surface area contributed by atoms with E-state index in [1.54, 1.807) is 18.3 Å². The molecule has 78 valence electrons.